The van der Waals surface area contributed by atoms with Gasteiger partial charge in [-0.1, -0.05) is 23.7 Å². The number of benzene rings is 1. The molecule has 4 rings (SSSR count). The smallest absolute Gasteiger partial charge is 0.248 e. The summed E-state index contributed by atoms with van der Waals surface area (Å²) in [5, 5.41) is 17.6. The molecule has 1 fully saturated rings. The zero-order chi connectivity index (χ0) is 20.4. The molecule has 3 heterocycles. The summed E-state index contributed by atoms with van der Waals surface area (Å²) in [4.78, 5) is 22.3. The molecule has 29 heavy (non-hydrogen) atoms. The molecule has 7 nitrogen and oxygen atoms in total. The van der Waals surface area contributed by atoms with Gasteiger partial charge >= 0.3 is 0 Å². The Morgan fingerprint density at radius 2 is 1.97 bits per heavy atom. The van der Waals surface area contributed by atoms with E-state index in [1.165, 1.54) is 0 Å². The number of halogens is 1. The van der Waals surface area contributed by atoms with Crippen LogP contribution >= 0.6 is 11.6 Å². The number of aliphatic hydroxyl groups excluding tert-OH is 1. The van der Waals surface area contributed by atoms with Crippen molar-refractivity contribution in [3.8, 4) is 22.5 Å². The van der Waals surface area contributed by atoms with E-state index in [0.29, 0.717) is 23.9 Å². The van der Waals surface area contributed by atoms with Crippen molar-refractivity contribution in [2.24, 2.45) is 0 Å². The summed E-state index contributed by atoms with van der Waals surface area (Å²) < 4.78 is 0. The number of likely N-dealkylation sites (tertiary alicyclic amines) is 1. The van der Waals surface area contributed by atoms with Crippen molar-refractivity contribution in [1.82, 2.24) is 25.1 Å². The molecule has 2 aromatic heterocycles. The molecule has 1 aromatic carbocycles. The highest BCUT2D eigenvalue weighted by Crippen LogP contribution is 2.39. The van der Waals surface area contributed by atoms with Gasteiger partial charge in [0.2, 0.25) is 5.91 Å². The minimum Gasteiger partial charge on any atom is -0.387 e. The molecule has 0 aliphatic carbocycles. The van der Waals surface area contributed by atoms with Crippen molar-refractivity contribution in [2.45, 2.75) is 25.7 Å². The standard InChI is InChI=1S/C21H22ClN5O2/c1-13-23-9-6-17(24-13)19-20(14-2-4-16(22)5-3-14)25-26-21(19)15-7-10-27(11-8-15)18(29)12-28/h2-6,9,15,28H,7-8,10-12H2,1H3,(H,25,26). The number of hydrogen-bond donors (Lipinski definition) is 2. The molecule has 1 saturated heterocycles. The Labute approximate surface area is 173 Å². The number of aryl methyl sites for hydroxylation is 1. The molecule has 0 atom stereocenters. The summed E-state index contributed by atoms with van der Waals surface area (Å²) in [6.45, 7) is 2.65. The third-order valence-electron chi connectivity index (χ3n) is 5.34. The van der Waals surface area contributed by atoms with Crippen LogP contribution in [0.25, 0.3) is 22.5 Å². The number of nitrogens with one attached hydrogen (secondary N) is 1. The number of rotatable bonds is 4. The number of nitrogens with zero attached hydrogens (tertiary/aromatic N) is 4. The average Bonchev–Trinajstić information content (AvgIpc) is 3.19. The molecule has 0 unspecified atom stereocenters. The van der Waals surface area contributed by atoms with Crippen LogP contribution in [0.2, 0.25) is 5.02 Å². The van der Waals surface area contributed by atoms with Gasteiger partial charge in [-0.3, -0.25) is 9.89 Å². The van der Waals surface area contributed by atoms with Crippen LogP contribution in [0.4, 0.5) is 0 Å². The molecule has 0 bridgehead atoms. The van der Waals surface area contributed by atoms with Crippen LogP contribution in [0.15, 0.2) is 36.5 Å². The number of aliphatic hydroxyl groups is 1. The molecule has 0 saturated carbocycles. The Hall–Kier alpha value is -2.77. The number of hydrogen-bond acceptors (Lipinski definition) is 5. The summed E-state index contributed by atoms with van der Waals surface area (Å²) in [7, 11) is 0. The van der Waals surface area contributed by atoms with Crippen molar-refractivity contribution in [3.05, 3.63) is 53.1 Å². The van der Waals surface area contributed by atoms with Crippen LogP contribution in [0.1, 0.15) is 30.3 Å². The Bertz CT molecular complexity index is 1010. The van der Waals surface area contributed by atoms with Gasteiger partial charge in [-0.05, 0) is 38.0 Å². The van der Waals surface area contributed by atoms with Crippen LogP contribution in [0.5, 0.6) is 0 Å². The quantitative estimate of drug-likeness (QED) is 0.687. The van der Waals surface area contributed by atoms with Gasteiger partial charge in [-0.15, -0.1) is 0 Å². The molecule has 2 N–H and O–H groups in total. The number of aromatic nitrogens is 4. The first-order chi connectivity index (χ1) is 14.1. The predicted octanol–water partition coefficient (Wildman–Crippen LogP) is 3.19. The second kappa shape index (κ2) is 8.31. The number of aromatic amines is 1. The summed E-state index contributed by atoms with van der Waals surface area (Å²) in [5.74, 6) is 0.693. The lowest BCUT2D eigenvalue weighted by molar-refractivity contribution is -0.135. The molecule has 1 aliphatic rings. The topological polar surface area (TPSA) is 95.0 Å². The van der Waals surface area contributed by atoms with E-state index in [1.807, 2.05) is 37.3 Å². The molecule has 1 aliphatic heterocycles. The molecular formula is C21H22ClN5O2. The van der Waals surface area contributed by atoms with E-state index in [0.717, 1.165) is 41.1 Å². The molecule has 150 valence electrons. The number of piperidine rings is 1. The van der Waals surface area contributed by atoms with E-state index in [1.54, 1.807) is 11.1 Å². The lowest BCUT2D eigenvalue weighted by Crippen LogP contribution is -2.39. The lowest BCUT2D eigenvalue weighted by Gasteiger charge is -2.31. The summed E-state index contributed by atoms with van der Waals surface area (Å²) in [6, 6.07) is 9.48. The Morgan fingerprint density at radius 1 is 1.24 bits per heavy atom. The molecule has 0 radical (unpaired) electrons. The first kappa shape index (κ1) is 19.5. The summed E-state index contributed by atoms with van der Waals surface area (Å²) >= 11 is 6.06. The van der Waals surface area contributed by atoms with Crippen LogP contribution in [0.3, 0.4) is 0 Å². The van der Waals surface area contributed by atoms with E-state index in [2.05, 4.69) is 20.2 Å². The highest BCUT2D eigenvalue weighted by Gasteiger charge is 2.29. The molecule has 1 amide bonds. The zero-order valence-corrected chi connectivity index (χ0v) is 16.9. The first-order valence-electron chi connectivity index (χ1n) is 9.59. The van der Waals surface area contributed by atoms with Gasteiger partial charge in [0, 0.05) is 47.0 Å². The van der Waals surface area contributed by atoms with Gasteiger partial charge in [0.05, 0.1) is 5.69 Å². The monoisotopic (exact) mass is 411 g/mol. The molecule has 8 heteroatoms. The Morgan fingerprint density at radius 3 is 2.62 bits per heavy atom. The van der Waals surface area contributed by atoms with Crippen molar-refractivity contribution >= 4 is 17.5 Å². The predicted molar refractivity (Wildman–Crippen MR) is 110 cm³/mol. The molecule has 3 aromatic rings. The minimum absolute atomic E-state index is 0.219. The van der Waals surface area contributed by atoms with E-state index in [9.17, 15) is 4.79 Å². The van der Waals surface area contributed by atoms with Gasteiger partial charge in [-0.25, -0.2) is 9.97 Å². The number of H-pyrrole nitrogens is 1. The molecular weight excluding hydrogens is 390 g/mol. The Balaban J connectivity index is 1.73. The normalized spacial score (nSPS) is 14.9. The second-order valence-corrected chi connectivity index (χ2v) is 7.61. The SMILES string of the molecule is Cc1nccc(-c2c(-c3ccc(Cl)cc3)n[nH]c2C2CCN(C(=O)CO)CC2)n1. The van der Waals surface area contributed by atoms with Gasteiger partial charge < -0.3 is 10.0 Å². The van der Waals surface area contributed by atoms with Gasteiger partial charge in [0.15, 0.2) is 0 Å². The first-order valence-corrected chi connectivity index (χ1v) is 9.97. The van der Waals surface area contributed by atoms with Crippen molar-refractivity contribution in [2.75, 3.05) is 19.7 Å². The van der Waals surface area contributed by atoms with E-state index < -0.39 is 6.61 Å². The van der Waals surface area contributed by atoms with Crippen molar-refractivity contribution < 1.29 is 9.90 Å². The van der Waals surface area contributed by atoms with Crippen LogP contribution < -0.4 is 0 Å². The summed E-state index contributed by atoms with van der Waals surface area (Å²) in [6.07, 6.45) is 3.35. The fourth-order valence-corrected chi connectivity index (χ4v) is 3.97. The maximum atomic E-state index is 11.8. The lowest BCUT2D eigenvalue weighted by atomic mass is 9.89. The fourth-order valence-electron chi connectivity index (χ4n) is 3.84. The van der Waals surface area contributed by atoms with E-state index in [4.69, 9.17) is 16.7 Å². The Kier molecular flexibility index (Phi) is 5.60. The van der Waals surface area contributed by atoms with Crippen LogP contribution in [0, 0.1) is 6.92 Å². The number of carbonyl (C=O) groups is 1. The maximum Gasteiger partial charge on any atom is 0.248 e. The van der Waals surface area contributed by atoms with Gasteiger partial charge in [-0.2, -0.15) is 5.10 Å². The highest BCUT2D eigenvalue weighted by atomic mass is 35.5. The second-order valence-electron chi connectivity index (χ2n) is 7.17. The maximum absolute atomic E-state index is 11.8. The van der Waals surface area contributed by atoms with Crippen LogP contribution in [-0.2, 0) is 4.79 Å². The largest absolute Gasteiger partial charge is 0.387 e. The van der Waals surface area contributed by atoms with Crippen molar-refractivity contribution in [3.63, 3.8) is 0 Å². The number of carbonyl (C=O) groups excluding carboxylic acids is 1. The highest BCUT2D eigenvalue weighted by molar-refractivity contribution is 6.30. The van der Waals surface area contributed by atoms with Crippen LogP contribution in [-0.4, -0.2) is 55.8 Å². The molecule has 0 spiro atoms. The summed E-state index contributed by atoms with van der Waals surface area (Å²) in [5.41, 5.74) is 4.58. The van der Waals surface area contributed by atoms with Gasteiger partial charge in [0.1, 0.15) is 18.1 Å². The third kappa shape index (κ3) is 4.02. The average molecular weight is 412 g/mol. The third-order valence-corrected chi connectivity index (χ3v) is 5.59. The van der Waals surface area contributed by atoms with Gasteiger partial charge in [0.25, 0.3) is 0 Å². The zero-order valence-electron chi connectivity index (χ0n) is 16.1. The minimum atomic E-state index is -0.444. The van der Waals surface area contributed by atoms with E-state index in [-0.39, 0.29) is 11.8 Å². The van der Waals surface area contributed by atoms with E-state index >= 15 is 0 Å². The number of amides is 1. The van der Waals surface area contributed by atoms with Crippen molar-refractivity contribution in [1.29, 1.82) is 0 Å². The fraction of sp³-hybridized carbons (Fsp3) is 0.333.